The van der Waals surface area contributed by atoms with Gasteiger partial charge in [0.15, 0.2) is 12.3 Å². The number of rotatable bonds is 5. The normalized spacial score (nSPS) is 10.6. The molecule has 3 heterocycles. The number of carbonyl (C=O) groups excluding carboxylic acids is 1. The Kier molecular flexibility index (Phi) is 3.32. The van der Waals surface area contributed by atoms with Crippen molar-refractivity contribution in [1.82, 2.24) is 19.9 Å². The summed E-state index contributed by atoms with van der Waals surface area (Å²) < 4.78 is 12.1. The van der Waals surface area contributed by atoms with Gasteiger partial charge in [-0.25, -0.2) is 0 Å². The summed E-state index contributed by atoms with van der Waals surface area (Å²) in [5, 5.41) is 10.5. The molecule has 20 heavy (non-hydrogen) atoms. The fourth-order valence-electron chi connectivity index (χ4n) is 1.70. The van der Waals surface area contributed by atoms with Crippen LogP contribution in [-0.4, -0.2) is 27.1 Å². The molecule has 0 fully saturated rings. The minimum absolute atomic E-state index is 0.129. The smallest absolute Gasteiger partial charge is 0.322 e. The van der Waals surface area contributed by atoms with Gasteiger partial charge in [0.25, 0.3) is 5.91 Å². The maximum atomic E-state index is 11.6. The lowest BCUT2D eigenvalue weighted by Crippen LogP contribution is -2.28. The predicted molar refractivity (Wildman–Crippen MR) is 69.0 cm³/mol. The number of amides is 1. The molecule has 1 N–H and O–H groups in total. The van der Waals surface area contributed by atoms with E-state index in [-0.39, 0.29) is 18.5 Å². The number of hydrogen-bond donors (Lipinski definition) is 1. The second kappa shape index (κ2) is 5.43. The van der Waals surface area contributed by atoms with Gasteiger partial charge in [0.2, 0.25) is 0 Å². The molecule has 0 radical (unpaired) electrons. The van der Waals surface area contributed by atoms with E-state index in [2.05, 4.69) is 15.5 Å². The number of furan rings is 1. The van der Waals surface area contributed by atoms with Crippen LogP contribution >= 0.6 is 0 Å². The van der Waals surface area contributed by atoms with Gasteiger partial charge in [-0.15, -0.1) is 5.10 Å². The molecule has 102 valence electrons. The SMILES string of the molecule is O=C(COc1nnc2ccccn12)NCc1ccco1. The number of aromatic nitrogens is 3. The molecule has 3 aromatic heterocycles. The number of carbonyl (C=O) groups is 1. The number of hydrogen-bond acceptors (Lipinski definition) is 5. The fraction of sp³-hybridized carbons (Fsp3) is 0.154. The first kappa shape index (κ1) is 12.2. The van der Waals surface area contributed by atoms with Gasteiger partial charge >= 0.3 is 6.01 Å². The fourth-order valence-corrected chi connectivity index (χ4v) is 1.70. The predicted octanol–water partition coefficient (Wildman–Crippen LogP) is 1.02. The van der Waals surface area contributed by atoms with E-state index in [0.29, 0.717) is 18.0 Å². The van der Waals surface area contributed by atoms with Crippen molar-refractivity contribution in [2.24, 2.45) is 0 Å². The van der Waals surface area contributed by atoms with Gasteiger partial charge < -0.3 is 14.5 Å². The highest BCUT2D eigenvalue weighted by molar-refractivity contribution is 5.77. The highest BCUT2D eigenvalue weighted by Gasteiger charge is 2.08. The lowest BCUT2D eigenvalue weighted by molar-refractivity contribution is -0.123. The summed E-state index contributed by atoms with van der Waals surface area (Å²) in [6.45, 7) is 0.201. The van der Waals surface area contributed by atoms with Crippen LogP contribution in [0, 0.1) is 0 Å². The molecule has 3 aromatic rings. The summed E-state index contributed by atoms with van der Waals surface area (Å²) in [6, 6.07) is 9.32. The van der Waals surface area contributed by atoms with Crippen molar-refractivity contribution in [2.45, 2.75) is 6.54 Å². The summed E-state index contributed by atoms with van der Waals surface area (Å²) in [4.78, 5) is 11.6. The molecule has 0 unspecified atom stereocenters. The van der Waals surface area contributed by atoms with Gasteiger partial charge in [0.05, 0.1) is 12.8 Å². The molecule has 0 spiro atoms. The zero-order valence-corrected chi connectivity index (χ0v) is 10.5. The lowest BCUT2D eigenvalue weighted by Gasteiger charge is -2.04. The number of nitrogens with zero attached hydrogens (tertiary/aromatic N) is 3. The Morgan fingerprint density at radius 2 is 2.25 bits per heavy atom. The molecule has 0 aliphatic rings. The standard InChI is InChI=1S/C13H12N4O3/c18-12(14-8-10-4-3-7-19-10)9-20-13-16-15-11-5-1-2-6-17(11)13/h1-7H,8-9H2,(H,14,18). The Morgan fingerprint density at radius 3 is 3.10 bits per heavy atom. The molecule has 1 amide bonds. The first-order valence-electron chi connectivity index (χ1n) is 6.04. The quantitative estimate of drug-likeness (QED) is 0.749. The van der Waals surface area contributed by atoms with Crippen LogP contribution in [0.3, 0.4) is 0 Å². The maximum Gasteiger partial charge on any atom is 0.322 e. The van der Waals surface area contributed by atoms with E-state index in [0.717, 1.165) is 0 Å². The van der Waals surface area contributed by atoms with E-state index in [1.165, 1.54) is 0 Å². The number of pyridine rings is 1. The van der Waals surface area contributed by atoms with Gasteiger partial charge in [-0.1, -0.05) is 11.2 Å². The van der Waals surface area contributed by atoms with Crippen molar-refractivity contribution >= 4 is 11.6 Å². The Balaban J connectivity index is 1.55. The summed E-state index contributed by atoms with van der Waals surface area (Å²) in [7, 11) is 0. The number of ether oxygens (including phenoxy) is 1. The van der Waals surface area contributed by atoms with Crippen LogP contribution in [0.4, 0.5) is 0 Å². The maximum absolute atomic E-state index is 11.6. The summed E-state index contributed by atoms with van der Waals surface area (Å²) in [6.07, 6.45) is 3.33. The third kappa shape index (κ3) is 2.61. The van der Waals surface area contributed by atoms with Crippen LogP contribution in [0.5, 0.6) is 6.01 Å². The van der Waals surface area contributed by atoms with Crippen LogP contribution in [-0.2, 0) is 11.3 Å². The van der Waals surface area contributed by atoms with Crippen molar-refractivity contribution in [3.8, 4) is 6.01 Å². The zero-order chi connectivity index (χ0) is 13.8. The molecule has 0 aromatic carbocycles. The molecular formula is C13H12N4O3. The van der Waals surface area contributed by atoms with E-state index in [1.54, 1.807) is 35.1 Å². The summed E-state index contributed by atoms with van der Waals surface area (Å²) >= 11 is 0. The second-order valence-corrected chi connectivity index (χ2v) is 4.06. The minimum Gasteiger partial charge on any atom is -0.467 e. The summed E-state index contributed by atoms with van der Waals surface area (Å²) in [5.41, 5.74) is 0.665. The molecule has 0 atom stereocenters. The molecule has 0 bridgehead atoms. The van der Waals surface area contributed by atoms with E-state index < -0.39 is 0 Å². The van der Waals surface area contributed by atoms with Gasteiger partial charge in [-0.3, -0.25) is 9.20 Å². The molecule has 3 rings (SSSR count). The van der Waals surface area contributed by atoms with E-state index >= 15 is 0 Å². The van der Waals surface area contributed by atoms with Crippen LogP contribution < -0.4 is 10.1 Å². The molecule has 0 saturated carbocycles. The topological polar surface area (TPSA) is 81.7 Å². The van der Waals surface area contributed by atoms with Crippen molar-refractivity contribution in [3.63, 3.8) is 0 Å². The third-order valence-corrected chi connectivity index (χ3v) is 2.65. The van der Waals surface area contributed by atoms with E-state index in [4.69, 9.17) is 9.15 Å². The molecule has 7 nitrogen and oxygen atoms in total. The van der Waals surface area contributed by atoms with Crippen molar-refractivity contribution in [3.05, 3.63) is 48.6 Å². The lowest BCUT2D eigenvalue weighted by atomic mass is 10.4. The van der Waals surface area contributed by atoms with E-state index in [9.17, 15) is 4.79 Å². The molecule has 0 aliphatic carbocycles. The first-order valence-corrected chi connectivity index (χ1v) is 6.04. The number of fused-ring (bicyclic) bond motifs is 1. The molecular weight excluding hydrogens is 260 g/mol. The van der Waals surface area contributed by atoms with Gasteiger partial charge in [0, 0.05) is 6.20 Å². The van der Waals surface area contributed by atoms with Gasteiger partial charge in [-0.2, -0.15) is 0 Å². The molecule has 0 aliphatic heterocycles. The highest BCUT2D eigenvalue weighted by atomic mass is 16.5. The molecule has 0 saturated heterocycles. The van der Waals surface area contributed by atoms with Gasteiger partial charge in [-0.05, 0) is 24.3 Å². The van der Waals surface area contributed by atoms with Crippen molar-refractivity contribution < 1.29 is 13.9 Å². The minimum atomic E-state index is -0.255. The molecule has 7 heteroatoms. The largest absolute Gasteiger partial charge is 0.467 e. The van der Waals surface area contributed by atoms with Crippen LogP contribution in [0.25, 0.3) is 5.65 Å². The second-order valence-electron chi connectivity index (χ2n) is 4.06. The van der Waals surface area contributed by atoms with Crippen molar-refractivity contribution in [2.75, 3.05) is 6.61 Å². The third-order valence-electron chi connectivity index (χ3n) is 2.65. The van der Waals surface area contributed by atoms with Crippen molar-refractivity contribution in [1.29, 1.82) is 0 Å². The Hall–Kier alpha value is -2.83. The average Bonchev–Trinajstić information content (AvgIpc) is 3.12. The Morgan fingerprint density at radius 1 is 1.30 bits per heavy atom. The Bertz CT molecular complexity index is 705. The monoisotopic (exact) mass is 272 g/mol. The average molecular weight is 272 g/mol. The highest BCUT2D eigenvalue weighted by Crippen LogP contribution is 2.09. The summed E-state index contributed by atoms with van der Waals surface area (Å²) in [5.74, 6) is 0.431. The zero-order valence-electron chi connectivity index (χ0n) is 10.5. The van der Waals surface area contributed by atoms with Crippen LogP contribution in [0.15, 0.2) is 47.2 Å². The van der Waals surface area contributed by atoms with Crippen LogP contribution in [0.1, 0.15) is 5.76 Å². The van der Waals surface area contributed by atoms with Gasteiger partial charge in [0.1, 0.15) is 5.76 Å². The van der Waals surface area contributed by atoms with E-state index in [1.807, 2.05) is 12.1 Å². The number of nitrogens with one attached hydrogen (secondary N) is 1. The Labute approximate surface area is 114 Å². The first-order chi connectivity index (χ1) is 9.83. The van der Waals surface area contributed by atoms with Crippen LogP contribution in [0.2, 0.25) is 0 Å².